The van der Waals surface area contributed by atoms with Gasteiger partial charge >= 0.3 is 0 Å². The third kappa shape index (κ3) is 2.65. The molecule has 0 atom stereocenters. The van der Waals surface area contributed by atoms with E-state index in [2.05, 4.69) is 47.3 Å². The molecule has 0 saturated heterocycles. The average Bonchev–Trinajstić information content (AvgIpc) is 2.88. The number of nitrogens with zero attached hydrogens (tertiary/aromatic N) is 2. The second-order valence-electron chi connectivity index (χ2n) is 4.83. The number of anilines is 1. The molecule has 0 fully saturated rings. The van der Waals surface area contributed by atoms with Crippen molar-refractivity contribution in [2.75, 3.05) is 5.32 Å². The first-order valence-corrected chi connectivity index (χ1v) is 7.60. The Morgan fingerprint density at radius 2 is 2.15 bits per heavy atom. The van der Waals surface area contributed by atoms with Crippen LogP contribution in [0.2, 0.25) is 0 Å². The van der Waals surface area contributed by atoms with E-state index in [9.17, 15) is 0 Å². The van der Waals surface area contributed by atoms with Gasteiger partial charge in [-0.3, -0.25) is 4.98 Å². The molecule has 20 heavy (non-hydrogen) atoms. The molecule has 3 aromatic rings. The van der Waals surface area contributed by atoms with E-state index < -0.39 is 0 Å². The fraction of sp³-hybridized carbons (Fsp3) is 0.250. The first kappa shape index (κ1) is 13.1. The number of nitrogens with one attached hydrogen (secondary N) is 1. The van der Waals surface area contributed by atoms with E-state index in [4.69, 9.17) is 0 Å². The van der Waals surface area contributed by atoms with Crippen LogP contribution < -0.4 is 5.32 Å². The first-order chi connectivity index (χ1) is 9.76. The summed E-state index contributed by atoms with van der Waals surface area (Å²) in [7, 11) is 0. The number of pyridine rings is 1. The van der Waals surface area contributed by atoms with Gasteiger partial charge in [0.15, 0.2) is 5.13 Å². The SMILES string of the molecule is CCc1ccc2nc(NCc3cnccc3C)sc2c1. The van der Waals surface area contributed by atoms with Crippen molar-refractivity contribution in [1.82, 2.24) is 9.97 Å². The summed E-state index contributed by atoms with van der Waals surface area (Å²) in [5, 5.41) is 4.37. The fourth-order valence-electron chi connectivity index (χ4n) is 2.12. The summed E-state index contributed by atoms with van der Waals surface area (Å²) >= 11 is 1.71. The second-order valence-corrected chi connectivity index (χ2v) is 5.86. The number of fused-ring (bicyclic) bond motifs is 1. The van der Waals surface area contributed by atoms with E-state index in [0.717, 1.165) is 23.6 Å². The van der Waals surface area contributed by atoms with E-state index in [1.165, 1.54) is 21.4 Å². The Kier molecular flexibility index (Phi) is 3.65. The predicted octanol–water partition coefficient (Wildman–Crippen LogP) is 4.17. The smallest absolute Gasteiger partial charge is 0.184 e. The van der Waals surface area contributed by atoms with Gasteiger partial charge in [0, 0.05) is 18.9 Å². The topological polar surface area (TPSA) is 37.8 Å². The maximum atomic E-state index is 4.62. The molecule has 0 unspecified atom stereocenters. The van der Waals surface area contributed by atoms with Crippen LogP contribution in [0, 0.1) is 6.92 Å². The zero-order chi connectivity index (χ0) is 13.9. The molecule has 0 saturated carbocycles. The lowest BCUT2D eigenvalue weighted by Gasteiger charge is -2.04. The summed E-state index contributed by atoms with van der Waals surface area (Å²) in [5.74, 6) is 0. The van der Waals surface area contributed by atoms with Crippen molar-refractivity contribution in [2.24, 2.45) is 0 Å². The minimum absolute atomic E-state index is 0.764. The number of benzene rings is 1. The molecule has 3 nitrogen and oxygen atoms in total. The van der Waals surface area contributed by atoms with Gasteiger partial charge in [-0.05, 0) is 48.2 Å². The van der Waals surface area contributed by atoms with Crippen LogP contribution in [0.15, 0.2) is 36.7 Å². The molecule has 1 N–H and O–H groups in total. The van der Waals surface area contributed by atoms with Crippen LogP contribution in [0.3, 0.4) is 0 Å². The van der Waals surface area contributed by atoms with Gasteiger partial charge in [0.2, 0.25) is 0 Å². The van der Waals surface area contributed by atoms with Gasteiger partial charge < -0.3 is 5.32 Å². The van der Waals surface area contributed by atoms with Crippen molar-refractivity contribution < 1.29 is 0 Å². The summed E-state index contributed by atoms with van der Waals surface area (Å²) in [6, 6.07) is 8.51. The highest BCUT2D eigenvalue weighted by molar-refractivity contribution is 7.22. The fourth-order valence-corrected chi connectivity index (χ4v) is 3.04. The lowest BCUT2D eigenvalue weighted by atomic mass is 10.2. The Hall–Kier alpha value is -1.94. The van der Waals surface area contributed by atoms with E-state index in [-0.39, 0.29) is 0 Å². The normalized spacial score (nSPS) is 10.9. The monoisotopic (exact) mass is 283 g/mol. The van der Waals surface area contributed by atoms with Crippen molar-refractivity contribution >= 4 is 26.7 Å². The van der Waals surface area contributed by atoms with Crippen LogP contribution in [0.1, 0.15) is 23.6 Å². The highest BCUT2D eigenvalue weighted by Crippen LogP contribution is 2.27. The molecule has 1 aromatic carbocycles. The van der Waals surface area contributed by atoms with Gasteiger partial charge in [0.05, 0.1) is 10.2 Å². The molecular formula is C16H17N3S. The summed E-state index contributed by atoms with van der Waals surface area (Å²) in [4.78, 5) is 8.79. The maximum Gasteiger partial charge on any atom is 0.184 e. The number of hydrogen-bond donors (Lipinski definition) is 1. The number of hydrogen-bond acceptors (Lipinski definition) is 4. The number of aryl methyl sites for hydroxylation is 2. The van der Waals surface area contributed by atoms with E-state index >= 15 is 0 Å². The third-order valence-corrected chi connectivity index (χ3v) is 4.41. The number of rotatable bonds is 4. The van der Waals surface area contributed by atoms with Crippen LogP contribution >= 0.6 is 11.3 Å². The van der Waals surface area contributed by atoms with Crippen molar-refractivity contribution in [3.63, 3.8) is 0 Å². The Labute approximate surface area is 122 Å². The molecule has 102 valence electrons. The first-order valence-electron chi connectivity index (χ1n) is 6.79. The zero-order valence-corrected chi connectivity index (χ0v) is 12.5. The summed E-state index contributed by atoms with van der Waals surface area (Å²) < 4.78 is 1.25. The minimum atomic E-state index is 0.764. The summed E-state index contributed by atoms with van der Waals surface area (Å²) in [6.07, 6.45) is 4.79. The lowest BCUT2D eigenvalue weighted by Crippen LogP contribution is -2.01. The summed E-state index contributed by atoms with van der Waals surface area (Å²) in [5.41, 5.74) is 4.89. The number of aromatic nitrogens is 2. The van der Waals surface area contributed by atoms with Crippen molar-refractivity contribution in [3.8, 4) is 0 Å². The molecular weight excluding hydrogens is 266 g/mol. The molecule has 0 bridgehead atoms. The third-order valence-electron chi connectivity index (χ3n) is 3.44. The van der Waals surface area contributed by atoms with Crippen LogP contribution in [-0.2, 0) is 13.0 Å². The number of thiazole rings is 1. The molecule has 2 aromatic heterocycles. The Morgan fingerprint density at radius 1 is 1.25 bits per heavy atom. The highest BCUT2D eigenvalue weighted by Gasteiger charge is 2.05. The largest absolute Gasteiger partial charge is 0.357 e. The van der Waals surface area contributed by atoms with E-state index in [1.54, 1.807) is 11.3 Å². The molecule has 0 amide bonds. The Bertz CT molecular complexity index is 733. The van der Waals surface area contributed by atoms with Gasteiger partial charge in [-0.1, -0.05) is 24.3 Å². The minimum Gasteiger partial charge on any atom is -0.357 e. The van der Waals surface area contributed by atoms with Crippen LogP contribution in [-0.4, -0.2) is 9.97 Å². The average molecular weight is 283 g/mol. The Morgan fingerprint density at radius 3 is 2.95 bits per heavy atom. The highest BCUT2D eigenvalue weighted by atomic mass is 32.1. The Balaban J connectivity index is 1.79. The van der Waals surface area contributed by atoms with Crippen molar-refractivity contribution in [1.29, 1.82) is 0 Å². The van der Waals surface area contributed by atoms with Gasteiger partial charge in [0.1, 0.15) is 0 Å². The standard InChI is InChI=1S/C16H17N3S/c1-3-12-4-5-14-15(8-12)20-16(19-14)18-10-13-9-17-7-6-11(13)2/h4-9H,3,10H2,1-2H3,(H,18,19). The maximum absolute atomic E-state index is 4.62. The zero-order valence-electron chi connectivity index (χ0n) is 11.7. The second kappa shape index (κ2) is 5.59. The van der Waals surface area contributed by atoms with Crippen LogP contribution in [0.25, 0.3) is 10.2 Å². The van der Waals surface area contributed by atoms with Gasteiger partial charge in [-0.25, -0.2) is 4.98 Å². The quantitative estimate of drug-likeness (QED) is 0.780. The molecule has 0 aliphatic heterocycles. The van der Waals surface area contributed by atoms with Gasteiger partial charge in [0.25, 0.3) is 0 Å². The lowest BCUT2D eigenvalue weighted by molar-refractivity contribution is 1.08. The molecule has 0 aliphatic carbocycles. The van der Waals surface area contributed by atoms with Gasteiger partial charge in [-0.2, -0.15) is 0 Å². The van der Waals surface area contributed by atoms with Gasteiger partial charge in [-0.15, -0.1) is 0 Å². The molecule has 0 spiro atoms. The predicted molar refractivity (Wildman–Crippen MR) is 85.3 cm³/mol. The summed E-state index contributed by atoms with van der Waals surface area (Å²) in [6.45, 7) is 5.04. The molecule has 0 aliphatic rings. The van der Waals surface area contributed by atoms with E-state index in [0.29, 0.717) is 0 Å². The molecule has 3 rings (SSSR count). The van der Waals surface area contributed by atoms with Crippen LogP contribution in [0.5, 0.6) is 0 Å². The van der Waals surface area contributed by atoms with Crippen molar-refractivity contribution in [3.05, 3.63) is 53.3 Å². The molecule has 0 radical (unpaired) electrons. The van der Waals surface area contributed by atoms with Crippen molar-refractivity contribution in [2.45, 2.75) is 26.8 Å². The van der Waals surface area contributed by atoms with E-state index in [1.807, 2.05) is 18.5 Å². The molecule has 2 heterocycles. The van der Waals surface area contributed by atoms with Crippen LogP contribution in [0.4, 0.5) is 5.13 Å². The molecule has 4 heteroatoms.